The lowest BCUT2D eigenvalue weighted by atomic mass is 9.97. The van der Waals surface area contributed by atoms with Crippen molar-refractivity contribution < 1.29 is 14.6 Å². The molecule has 1 unspecified atom stereocenters. The summed E-state index contributed by atoms with van der Waals surface area (Å²) in [6.45, 7) is 6.91. The lowest BCUT2D eigenvalue weighted by Crippen LogP contribution is -2.51. The van der Waals surface area contributed by atoms with Crippen LogP contribution in [0.15, 0.2) is 42.6 Å². The molecule has 1 aliphatic rings. The number of carboxylic acid groups (broad SMARTS) is 1. The smallest absolute Gasteiger partial charge is 0.335 e. The summed E-state index contributed by atoms with van der Waals surface area (Å²) in [6.07, 6.45) is 1.98. The summed E-state index contributed by atoms with van der Waals surface area (Å²) >= 11 is 0. The predicted octanol–water partition coefficient (Wildman–Crippen LogP) is 4.06. The van der Waals surface area contributed by atoms with Crippen LogP contribution in [0.25, 0.3) is 10.9 Å². The van der Waals surface area contributed by atoms with Gasteiger partial charge in [0.05, 0.1) is 12.7 Å². The first kappa shape index (κ1) is 20.4. The van der Waals surface area contributed by atoms with Crippen LogP contribution in [0.2, 0.25) is 0 Å². The Labute approximate surface area is 177 Å². The van der Waals surface area contributed by atoms with Crippen molar-refractivity contribution in [3.05, 3.63) is 64.8 Å². The Hall–Kier alpha value is -2.83. The molecular weight excluding hydrogens is 378 g/mol. The van der Waals surface area contributed by atoms with Gasteiger partial charge in [-0.15, -0.1) is 0 Å². The number of benzene rings is 2. The molecule has 1 saturated heterocycles. The number of H-pyrrole nitrogens is 1. The molecule has 4 rings (SSSR count). The van der Waals surface area contributed by atoms with E-state index in [1.54, 1.807) is 19.2 Å². The van der Waals surface area contributed by atoms with E-state index in [2.05, 4.69) is 47.8 Å². The van der Waals surface area contributed by atoms with Gasteiger partial charge in [0, 0.05) is 54.4 Å². The zero-order chi connectivity index (χ0) is 21.4. The van der Waals surface area contributed by atoms with Crippen molar-refractivity contribution >= 4 is 16.9 Å². The number of ether oxygens (including phenoxy) is 1. The van der Waals surface area contributed by atoms with Gasteiger partial charge in [-0.05, 0) is 56.3 Å². The maximum atomic E-state index is 11.3. The Kier molecular flexibility index (Phi) is 5.54. The third-order valence-electron chi connectivity index (χ3n) is 6.39. The van der Waals surface area contributed by atoms with Crippen LogP contribution in [0.3, 0.4) is 0 Å². The standard InChI is InChI=1S/C24H29N3O3/c1-15-11-22(30-4)20(19-9-10-25-23(15)19)13-27-12-16(2)26(3)14-21(27)17-5-7-18(8-6-17)24(28)29/h5-11,16,21,25H,12-14H2,1-4H3,(H,28,29)/t16?,21-/m1/s1. The molecule has 158 valence electrons. The third-order valence-corrected chi connectivity index (χ3v) is 6.39. The summed E-state index contributed by atoms with van der Waals surface area (Å²) in [5.74, 6) is 0.0122. The molecule has 6 nitrogen and oxygen atoms in total. The Balaban J connectivity index is 1.72. The normalized spacial score (nSPS) is 20.5. The summed E-state index contributed by atoms with van der Waals surface area (Å²) in [5, 5.41) is 10.4. The second kappa shape index (κ2) is 8.13. The Morgan fingerprint density at radius 3 is 2.63 bits per heavy atom. The number of aromatic nitrogens is 1. The van der Waals surface area contributed by atoms with Crippen LogP contribution in [0, 0.1) is 6.92 Å². The van der Waals surface area contributed by atoms with E-state index in [0.29, 0.717) is 11.6 Å². The lowest BCUT2D eigenvalue weighted by Gasteiger charge is -2.44. The number of hydrogen-bond donors (Lipinski definition) is 2. The highest BCUT2D eigenvalue weighted by Crippen LogP contribution is 2.35. The van der Waals surface area contributed by atoms with Crippen LogP contribution >= 0.6 is 0 Å². The molecule has 1 aromatic heterocycles. The van der Waals surface area contributed by atoms with Crippen LogP contribution in [0.1, 0.15) is 40.0 Å². The molecule has 30 heavy (non-hydrogen) atoms. The average Bonchev–Trinajstić information content (AvgIpc) is 3.23. The van der Waals surface area contributed by atoms with E-state index in [4.69, 9.17) is 4.74 Å². The van der Waals surface area contributed by atoms with E-state index in [0.717, 1.165) is 36.5 Å². The van der Waals surface area contributed by atoms with E-state index in [1.807, 2.05) is 18.3 Å². The number of aromatic amines is 1. The monoisotopic (exact) mass is 407 g/mol. The number of rotatable bonds is 5. The topological polar surface area (TPSA) is 68.8 Å². The van der Waals surface area contributed by atoms with Gasteiger partial charge in [-0.2, -0.15) is 0 Å². The van der Waals surface area contributed by atoms with E-state index in [-0.39, 0.29) is 6.04 Å². The minimum Gasteiger partial charge on any atom is -0.496 e. The van der Waals surface area contributed by atoms with Crippen LogP contribution < -0.4 is 4.74 Å². The highest BCUT2D eigenvalue weighted by Gasteiger charge is 2.32. The van der Waals surface area contributed by atoms with Crippen molar-refractivity contribution in [2.45, 2.75) is 32.5 Å². The molecule has 0 radical (unpaired) electrons. The van der Waals surface area contributed by atoms with Crippen LogP contribution in [-0.4, -0.2) is 59.1 Å². The fourth-order valence-electron chi connectivity index (χ4n) is 4.50. The summed E-state index contributed by atoms with van der Waals surface area (Å²) in [6, 6.07) is 12.1. The Morgan fingerprint density at radius 1 is 1.23 bits per heavy atom. The minimum atomic E-state index is -0.896. The second-order valence-electron chi connectivity index (χ2n) is 8.30. The van der Waals surface area contributed by atoms with Gasteiger partial charge in [0.15, 0.2) is 0 Å². The third kappa shape index (κ3) is 3.68. The summed E-state index contributed by atoms with van der Waals surface area (Å²) in [5.41, 5.74) is 4.95. The van der Waals surface area contributed by atoms with Crippen LogP contribution in [0.5, 0.6) is 5.75 Å². The summed E-state index contributed by atoms with van der Waals surface area (Å²) in [7, 11) is 3.88. The number of methoxy groups -OCH3 is 1. The Morgan fingerprint density at radius 2 is 1.97 bits per heavy atom. The van der Waals surface area contributed by atoms with E-state index in [9.17, 15) is 9.90 Å². The number of piperazine rings is 1. The van der Waals surface area contributed by atoms with Crippen molar-refractivity contribution in [2.75, 3.05) is 27.2 Å². The molecule has 2 heterocycles. The molecule has 6 heteroatoms. The number of nitrogens with zero attached hydrogens (tertiary/aromatic N) is 2. The number of carboxylic acids is 1. The van der Waals surface area contributed by atoms with Gasteiger partial charge in [0.25, 0.3) is 0 Å². The summed E-state index contributed by atoms with van der Waals surface area (Å²) < 4.78 is 5.76. The quantitative estimate of drug-likeness (QED) is 0.668. The van der Waals surface area contributed by atoms with Gasteiger partial charge < -0.3 is 19.7 Å². The molecule has 2 aromatic carbocycles. The van der Waals surface area contributed by atoms with Crippen molar-refractivity contribution in [3.8, 4) is 5.75 Å². The molecule has 0 spiro atoms. The average molecular weight is 408 g/mol. The SMILES string of the molecule is COc1cc(C)c2[nH]ccc2c1CN1CC(C)N(C)C[C@@H]1c1ccc(C(=O)O)cc1. The van der Waals surface area contributed by atoms with Crippen molar-refractivity contribution in [3.63, 3.8) is 0 Å². The van der Waals surface area contributed by atoms with Gasteiger partial charge in [-0.1, -0.05) is 12.1 Å². The van der Waals surface area contributed by atoms with Crippen molar-refractivity contribution in [2.24, 2.45) is 0 Å². The van der Waals surface area contributed by atoms with Crippen molar-refractivity contribution in [1.29, 1.82) is 0 Å². The predicted molar refractivity (Wildman–Crippen MR) is 118 cm³/mol. The first-order chi connectivity index (χ1) is 14.4. The van der Waals surface area contributed by atoms with Gasteiger partial charge >= 0.3 is 5.97 Å². The van der Waals surface area contributed by atoms with Gasteiger partial charge in [0.2, 0.25) is 0 Å². The van der Waals surface area contributed by atoms with Gasteiger partial charge in [0.1, 0.15) is 5.75 Å². The van der Waals surface area contributed by atoms with Crippen LogP contribution in [-0.2, 0) is 6.54 Å². The highest BCUT2D eigenvalue weighted by molar-refractivity contribution is 5.88. The van der Waals surface area contributed by atoms with Gasteiger partial charge in [-0.25, -0.2) is 4.79 Å². The number of aromatic carboxylic acids is 1. The maximum Gasteiger partial charge on any atom is 0.335 e. The fraction of sp³-hybridized carbons (Fsp3) is 0.375. The zero-order valence-corrected chi connectivity index (χ0v) is 18.0. The molecule has 2 N–H and O–H groups in total. The first-order valence-corrected chi connectivity index (χ1v) is 10.3. The van der Waals surface area contributed by atoms with Crippen LogP contribution in [0.4, 0.5) is 0 Å². The molecule has 1 fully saturated rings. The number of likely N-dealkylation sites (N-methyl/N-ethyl adjacent to an activating group) is 1. The Bertz CT molecular complexity index is 1060. The largest absolute Gasteiger partial charge is 0.496 e. The number of aryl methyl sites for hydroxylation is 1. The van der Waals surface area contributed by atoms with E-state index < -0.39 is 5.97 Å². The maximum absolute atomic E-state index is 11.3. The molecular formula is C24H29N3O3. The number of hydrogen-bond acceptors (Lipinski definition) is 4. The molecule has 1 aliphatic heterocycles. The molecule has 3 aromatic rings. The molecule has 2 atom stereocenters. The minimum absolute atomic E-state index is 0.175. The zero-order valence-electron chi connectivity index (χ0n) is 18.0. The second-order valence-corrected chi connectivity index (χ2v) is 8.30. The molecule has 0 saturated carbocycles. The highest BCUT2D eigenvalue weighted by atomic mass is 16.5. The molecule has 0 amide bonds. The fourth-order valence-corrected chi connectivity index (χ4v) is 4.50. The van der Waals surface area contributed by atoms with Crippen molar-refractivity contribution in [1.82, 2.24) is 14.8 Å². The lowest BCUT2D eigenvalue weighted by molar-refractivity contribution is 0.0451. The van der Waals surface area contributed by atoms with Gasteiger partial charge in [-0.3, -0.25) is 4.90 Å². The molecule has 0 aliphatic carbocycles. The van der Waals surface area contributed by atoms with E-state index >= 15 is 0 Å². The number of nitrogens with one attached hydrogen (secondary N) is 1. The number of carbonyl (C=O) groups is 1. The molecule has 0 bridgehead atoms. The van der Waals surface area contributed by atoms with E-state index in [1.165, 1.54) is 16.5 Å². The number of fused-ring (bicyclic) bond motifs is 1. The first-order valence-electron chi connectivity index (χ1n) is 10.3. The summed E-state index contributed by atoms with van der Waals surface area (Å²) in [4.78, 5) is 19.5.